The number of rotatable bonds is 5. The molecule has 138 valence electrons. The van der Waals surface area contributed by atoms with E-state index >= 15 is 0 Å². The van der Waals surface area contributed by atoms with E-state index in [0.29, 0.717) is 11.4 Å². The molecular formula is C23H23NO3. The van der Waals surface area contributed by atoms with E-state index in [9.17, 15) is 9.59 Å². The van der Waals surface area contributed by atoms with E-state index < -0.39 is 11.3 Å². The number of hydrogen-bond donors (Lipinski definition) is 1. The Morgan fingerprint density at radius 2 is 1.56 bits per heavy atom. The van der Waals surface area contributed by atoms with Gasteiger partial charge in [0.15, 0.2) is 5.76 Å². The van der Waals surface area contributed by atoms with Gasteiger partial charge in [-0.25, -0.2) is 0 Å². The fourth-order valence-corrected chi connectivity index (χ4v) is 2.85. The number of para-hydroxylation sites is 1. The van der Waals surface area contributed by atoms with Crippen molar-refractivity contribution in [2.75, 3.05) is 5.32 Å². The van der Waals surface area contributed by atoms with Crippen molar-refractivity contribution in [3.8, 4) is 0 Å². The summed E-state index contributed by atoms with van der Waals surface area (Å²) >= 11 is 0. The standard InChI is InChI=1S/C23H23NO3/c1-23(2,3)22(26)24-18-13-8-7-12-17(18)20(16-10-5-4-6-11-16)21(25)19-14-9-15-27-19/h4-15,20H,1-3H3,(H,24,26)/t20-/m0/s1. The van der Waals surface area contributed by atoms with Crippen molar-refractivity contribution in [2.45, 2.75) is 26.7 Å². The van der Waals surface area contributed by atoms with E-state index in [1.165, 1.54) is 6.26 Å². The highest BCUT2D eigenvalue weighted by Gasteiger charge is 2.29. The van der Waals surface area contributed by atoms with Crippen LogP contribution >= 0.6 is 0 Å². The average molecular weight is 361 g/mol. The number of anilines is 1. The lowest BCUT2D eigenvalue weighted by Gasteiger charge is -2.23. The molecule has 3 aromatic rings. The van der Waals surface area contributed by atoms with E-state index in [1.807, 2.05) is 75.4 Å². The highest BCUT2D eigenvalue weighted by atomic mass is 16.3. The van der Waals surface area contributed by atoms with Crippen molar-refractivity contribution in [1.29, 1.82) is 0 Å². The van der Waals surface area contributed by atoms with Crippen LogP contribution in [0.15, 0.2) is 77.4 Å². The molecule has 4 heteroatoms. The van der Waals surface area contributed by atoms with E-state index in [0.717, 1.165) is 11.1 Å². The van der Waals surface area contributed by atoms with Gasteiger partial charge in [0, 0.05) is 11.1 Å². The van der Waals surface area contributed by atoms with Crippen molar-refractivity contribution < 1.29 is 14.0 Å². The molecule has 1 heterocycles. The van der Waals surface area contributed by atoms with Crippen LogP contribution in [0.25, 0.3) is 0 Å². The third kappa shape index (κ3) is 4.17. The molecule has 0 saturated carbocycles. The normalized spacial score (nSPS) is 12.4. The SMILES string of the molecule is CC(C)(C)C(=O)Nc1ccccc1[C@@H](C(=O)c1ccco1)c1ccccc1. The fourth-order valence-electron chi connectivity index (χ4n) is 2.85. The zero-order chi connectivity index (χ0) is 19.4. The Bertz CT molecular complexity index is 922. The van der Waals surface area contributed by atoms with Gasteiger partial charge in [0.25, 0.3) is 0 Å². The van der Waals surface area contributed by atoms with Crippen LogP contribution < -0.4 is 5.32 Å². The molecule has 0 aliphatic carbocycles. The number of nitrogens with one attached hydrogen (secondary N) is 1. The number of hydrogen-bond acceptors (Lipinski definition) is 3. The Morgan fingerprint density at radius 3 is 2.19 bits per heavy atom. The summed E-state index contributed by atoms with van der Waals surface area (Å²) in [6.07, 6.45) is 1.49. The Morgan fingerprint density at radius 1 is 0.889 bits per heavy atom. The number of amides is 1. The van der Waals surface area contributed by atoms with Crippen LogP contribution in [-0.2, 0) is 4.79 Å². The fraction of sp³-hybridized carbons (Fsp3) is 0.217. The van der Waals surface area contributed by atoms with E-state index in [2.05, 4.69) is 5.32 Å². The Hall–Kier alpha value is -3.14. The smallest absolute Gasteiger partial charge is 0.229 e. The number of benzene rings is 2. The largest absolute Gasteiger partial charge is 0.461 e. The number of ketones is 1. The van der Waals surface area contributed by atoms with Crippen molar-refractivity contribution in [2.24, 2.45) is 5.41 Å². The first kappa shape index (κ1) is 18.6. The number of furan rings is 1. The van der Waals surface area contributed by atoms with Gasteiger partial charge in [-0.3, -0.25) is 9.59 Å². The molecule has 2 aromatic carbocycles. The zero-order valence-electron chi connectivity index (χ0n) is 15.7. The summed E-state index contributed by atoms with van der Waals surface area (Å²) in [5.74, 6) is -0.537. The first-order valence-corrected chi connectivity index (χ1v) is 8.91. The lowest BCUT2D eigenvalue weighted by Crippen LogP contribution is -2.28. The molecule has 4 nitrogen and oxygen atoms in total. The highest BCUT2D eigenvalue weighted by Crippen LogP contribution is 2.34. The van der Waals surface area contributed by atoms with E-state index in [4.69, 9.17) is 4.42 Å². The molecule has 0 fully saturated rings. The maximum absolute atomic E-state index is 13.2. The van der Waals surface area contributed by atoms with Gasteiger partial charge in [-0.1, -0.05) is 69.3 Å². The first-order chi connectivity index (χ1) is 12.9. The molecule has 1 aromatic heterocycles. The molecule has 1 N–H and O–H groups in total. The number of Topliss-reactive ketones (excluding diaryl/α,β-unsaturated/α-hetero) is 1. The van der Waals surface area contributed by atoms with Crippen LogP contribution in [0.4, 0.5) is 5.69 Å². The minimum absolute atomic E-state index is 0.104. The zero-order valence-corrected chi connectivity index (χ0v) is 15.7. The predicted molar refractivity (Wildman–Crippen MR) is 106 cm³/mol. The molecule has 0 bridgehead atoms. The third-order valence-electron chi connectivity index (χ3n) is 4.36. The van der Waals surface area contributed by atoms with Crippen molar-refractivity contribution in [3.05, 3.63) is 89.9 Å². The van der Waals surface area contributed by atoms with Crippen LogP contribution in [0.1, 0.15) is 48.4 Å². The maximum Gasteiger partial charge on any atom is 0.229 e. The second-order valence-electron chi connectivity index (χ2n) is 7.48. The quantitative estimate of drug-likeness (QED) is 0.629. The van der Waals surface area contributed by atoms with Gasteiger partial charge in [0.1, 0.15) is 0 Å². The highest BCUT2D eigenvalue weighted by molar-refractivity contribution is 6.03. The van der Waals surface area contributed by atoms with Crippen LogP contribution in [0.3, 0.4) is 0 Å². The Labute approximate surface area is 159 Å². The van der Waals surface area contributed by atoms with Crippen molar-refractivity contribution in [1.82, 2.24) is 0 Å². The minimum Gasteiger partial charge on any atom is -0.461 e. The van der Waals surface area contributed by atoms with Gasteiger partial charge >= 0.3 is 0 Å². The molecule has 0 saturated heterocycles. The summed E-state index contributed by atoms with van der Waals surface area (Å²) in [4.78, 5) is 25.8. The van der Waals surface area contributed by atoms with Crippen LogP contribution in [0.5, 0.6) is 0 Å². The van der Waals surface area contributed by atoms with Gasteiger partial charge in [-0.15, -0.1) is 0 Å². The van der Waals surface area contributed by atoms with Gasteiger partial charge < -0.3 is 9.73 Å². The molecule has 1 amide bonds. The molecular weight excluding hydrogens is 338 g/mol. The average Bonchev–Trinajstić information content (AvgIpc) is 3.18. The van der Waals surface area contributed by atoms with E-state index in [-0.39, 0.29) is 11.7 Å². The second-order valence-corrected chi connectivity index (χ2v) is 7.48. The Kier molecular flexibility index (Phi) is 5.26. The monoisotopic (exact) mass is 361 g/mol. The first-order valence-electron chi connectivity index (χ1n) is 8.91. The summed E-state index contributed by atoms with van der Waals surface area (Å²) in [7, 11) is 0. The molecule has 0 unspecified atom stereocenters. The third-order valence-corrected chi connectivity index (χ3v) is 4.36. The number of carbonyl (C=O) groups excluding carboxylic acids is 2. The molecule has 0 aliphatic rings. The van der Waals surface area contributed by atoms with Crippen molar-refractivity contribution >= 4 is 17.4 Å². The van der Waals surface area contributed by atoms with Gasteiger partial charge in [-0.05, 0) is 29.3 Å². The molecule has 0 aliphatic heterocycles. The predicted octanol–water partition coefficient (Wildman–Crippen LogP) is 5.28. The van der Waals surface area contributed by atoms with Gasteiger partial charge in [0.05, 0.1) is 12.2 Å². The topological polar surface area (TPSA) is 59.3 Å². The lowest BCUT2D eigenvalue weighted by molar-refractivity contribution is -0.123. The van der Waals surface area contributed by atoms with Crippen molar-refractivity contribution in [3.63, 3.8) is 0 Å². The number of carbonyl (C=O) groups is 2. The lowest BCUT2D eigenvalue weighted by atomic mass is 9.85. The summed E-state index contributed by atoms with van der Waals surface area (Å²) in [6.45, 7) is 5.56. The molecule has 1 atom stereocenters. The van der Waals surface area contributed by atoms with Crippen LogP contribution in [-0.4, -0.2) is 11.7 Å². The summed E-state index contributed by atoms with van der Waals surface area (Å²) in [5, 5.41) is 2.98. The van der Waals surface area contributed by atoms with Crippen LogP contribution in [0, 0.1) is 5.41 Å². The Balaban J connectivity index is 2.08. The molecule has 3 rings (SSSR count). The summed E-state index contributed by atoms with van der Waals surface area (Å²) < 4.78 is 5.36. The summed E-state index contributed by atoms with van der Waals surface area (Å²) in [6, 6.07) is 20.3. The van der Waals surface area contributed by atoms with E-state index in [1.54, 1.807) is 12.1 Å². The molecule has 0 spiro atoms. The van der Waals surface area contributed by atoms with Gasteiger partial charge in [-0.2, -0.15) is 0 Å². The summed E-state index contributed by atoms with van der Waals surface area (Å²) in [5.41, 5.74) is 1.67. The van der Waals surface area contributed by atoms with Gasteiger partial charge in [0.2, 0.25) is 11.7 Å². The minimum atomic E-state index is -0.575. The van der Waals surface area contributed by atoms with Crippen LogP contribution in [0.2, 0.25) is 0 Å². The molecule has 0 radical (unpaired) electrons. The molecule has 27 heavy (non-hydrogen) atoms. The maximum atomic E-state index is 13.2. The second kappa shape index (κ2) is 7.62.